The topological polar surface area (TPSA) is 70.6 Å². The molecule has 1 unspecified atom stereocenters. The van der Waals surface area contributed by atoms with Gasteiger partial charge in [0, 0.05) is 38.6 Å². The molecular weight excluding hydrogens is 314 g/mol. The van der Waals surface area contributed by atoms with Crippen molar-refractivity contribution in [2.75, 3.05) is 37.0 Å². The first kappa shape index (κ1) is 17.7. The van der Waals surface area contributed by atoms with Crippen LogP contribution in [0.2, 0.25) is 0 Å². The van der Waals surface area contributed by atoms with E-state index in [1.54, 1.807) is 24.2 Å². The summed E-state index contributed by atoms with van der Waals surface area (Å²) in [6.45, 7) is 2.79. The SMILES string of the molecule is CCCCN(C)C(=O)c1cc(N(C)C2CCS(=O)(=O)C2)ccn1. The molecular formula is C16H25N3O3S. The Morgan fingerprint density at radius 1 is 1.39 bits per heavy atom. The Morgan fingerprint density at radius 2 is 2.13 bits per heavy atom. The Balaban J connectivity index is 2.11. The number of carbonyl (C=O) groups excluding carboxylic acids is 1. The lowest BCUT2D eigenvalue weighted by atomic mass is 10.2. The van der Waals surface area contributed by atoms with Gasteiger partial charge in [-0.1, -0.05) is 13.3 Å². The molecule has 0 spiro atoms. The molecule has 0 aliphatic carbocycles. The summed E-state index contributed by atoms with van der Waals surface area (Å²) in [6.07, 6.45) is 4.22. The summed E-state index contributed by atoms with van der Waals surface area (Å²) in [4.78, 5) is 20.2. The maximum absolute atomic E-state index is 12.4. The van der Waals surface area contributed by atoms with Crippen LogP contribution >= 0.6 is 0 Å². The highest BCUT2D eigenvalue weighted by Gasteiger charge is 2.31. The second-order valence-corrected chi connectivity index (χ2v) is 8.38. The van der Waals surface area contributed by atoms with Crippen molar-refractivity contribution < 1.29 is 13.2 Å². The van der Waals surface area contributed by atoms with Crippen LogP contribution in [0, 0.1) is 0 Å². The molecule has 7 heteroatoms. The molecule has 1 atom stereocenters. The number of carbonyl (C=O) groups is 1. The monoisotopic (exact) mass is 339 g/mol. The summed E-state index contributed by atoms with van der Waals surface area (Å²) in [5.74, 6) is 0.303. The zero-order valence-corrected chi connectivity index (χ0v) is 14.8. The number of aromatic nitrogens is 1. The Labute approximate surface area is 138 Å². The number of pyridine rings is 1. The van der Waals surface area contributed by atoms with E-state index < -0.39 is 9.84 Å². The predicted octanol–water partition coefficient (Wildman–Crippen LogP) is 1.58. The number of nitrogens with zero attached hydrogens (tertiary/aromatic N) is 3. The average Bonchev–Trinajstić information content (AvgIpc) is 2.91. The first-order valence-corrected chi connectivity index (χ1v) is 9.81. The van der Waals surface area contributed by atoms with Crippen LogP contribution in [0.1, 0.15) is 36.7 Å². The first-order chi connectivity index (χ1) is 10.8. The van der Waals surface area contributed by atoms with Gasteiger partial charge in [-0.05, 0) is 25.0 Å². The molecule has 1 fully saturated rings. The van der Waals surface area contributed by atoms with Gasteiger partial charge >= 0.3 is 0 Å². The third kappa shape index (κ3) is 4.43. The van der Waals surface area contributed by atoms with Gasteiger partial charge in [-0.2, -0.15) is 0 Å². The molecule has 0 aromatic carbocycles. The molecule has 6 nitrogen and oxygen atoms in total. The average molecular weight is 339 g/mol. The molecule has 1 saturated heterocycles. The summed E-state index contributed by atoms with van der Waals surface area (Å²) < 4.78 is 23.3. The number of rotatable bonds is 6. The lowest BCUT2D eigenvalue weighted by Crippen LogP contribution is -2.33. The molecule has 0 saturated carbocycles. The highest BCUT2D eigenvalue weighted by molar-refractivity contribution is 7.91. The largest absolute Gasteiger partial charge is 0.370 e. The first-order valence-electron chi connectivity index (χ1n) is 7.99. The van der Waals surface area contributed by atoms with Crippen LogP contribution in [-0.2, 0) is 9.84 Å². The van der Waals surface area contributed by atoms with Crippen molar-refractivity contribution in [2.24, 2.45) is 0 Å². The second-order valence-electron chi connectivity index (χ2n) is 6.15. The van der Waals surface area contributed by atoms with Crippen LogP contribution in [0.4, 0.5) is 5.69 Å². The van der Waals surface area contributed by atoms with Crippen LogP contribution in [0.5, 0.6) is 0 Å². The van der Waals surface area contributed by atoms with Crippen molar-refractivity contribution in [1.82, 2.24) is 9.88 Å². The van der Waals surface area contributed by atoms with Gasteiger partial charge in [0.2, 0.25) is 0 Å². The summed E-state index contributed by atoms with van der Waals surface area (Å²) in [5, 5.41) is 0. The van der Waals surface area contributed by atoms with Crippen LogP contribution in [-0.4, -0.2) is 62.4 Å². The quantitative estimate of drug-likeness (QED) is 0.787. The molecule has 0 radical (unpaired) electrons. The van der Waals surface area contributed by atoms with E-state index >= 15 is 0 Å². The van der Waals surface area contributed by atoms with Gasteiger partial charge in [0.05, 0.1) is 11.5 Å². The molecule has 1 aliphatic rings. The Morgan fingerprint density at radius 3 is 2.74 bits per heavy atom. The fourth-order valence-electron chi connectivity index (χ4n) is 2.74. The molecule has 1 aliphatic heterocycles. The van der Waals surface area contributed by atoms with E-state index in [0.29, 0.717) is 18.7 Å². The van der Waals surface area contributed by atoms with Crippen molar-refractivity contribution in [2.45, 2.75) is 32.2 Å². The third-order valence-corrected chi connectivity index (χ3v) is 6.07. The van der Waals surface area contributed by atoms with E-state index in [-0.39, 0.29) is 23.5 Å². The fraction of sp³-hybridized carbons (Fsp3) is 0.625. The van der Waals surface area contributed by atoms with Crippen molar-refractivity contribution in [3.63, 3.8) is 0 Å². The number of unbranched alkanes of at least 4 members (excludes halogenated alkanes) is 1. The zero-order valence-electron chi connectivity index (χ0n) is 14.0. The smallest absolute Gasteiger partial charge is 0.272 e. The normalized spacial score (nSPS) is 19.5. The molecule has 1 aromatic rings. The van der Waals surface area contributed by atoms with Gasteiger partial charge in [-0.15, -0.1) is 0 Å². The standard InChI is InChI=1S/C16H25N3O3S/c1-4-5-9-18(2)16(20)15-11-13(6-8-17-15)19(3)14-7-10-23(21,22)12-14/h6,8,11,14H,4-5,7,9-10,12H2,1-3H3. The molecule has 128 valence electrons. The highest BCUT2D eigenvalue weighted by Crippen LogP contribution is 2.23. The number of amides is 1. The van der Waals surface area contributed by atoms with Gasteiger partial charge in [0.1, 0.15) is 5.69 Å². The molecule has 2 rings (SSSR count). The lowest BCUT2D eigenvalue weighted by molar-refractivity contribution is 0.0787. The van der Waals surface area contributed by atoms with Crippen LogP contribution in [0.3, 0.4) is 0 Å². The number of anilines is 1. The summed E-state index contributed by atoms with van der Waals surface area (Å²) in [7, 11) is 0.717. The van der Waals surface area contributed by atoms with Gasteiger partial charge in [0.15, 0.2) is 9.84 Å². The Kier molecular flexibility index (Phi) is 5.62. The van der Waals surface area contributed by atoms with E-state index in [9.17, 15) is 13.2 Å². The highest BCUT2D eigenvalue weighted by atomic mass is 32.2. The molecule has 1 amide bonds. The van der Waals surface area contributed by atoms with Crippen molar-refractivity contribution in [3.8, 4) is 0 Å². The summed E-state index contributed by atoms with van der Waals surface area (Å²) in [6, 6.07) is 3.52. The minimum Gasteiger partial charge on any atom is -0.370 e. The van der Waals surface area contributed by atoms with Crippen molar-refractivity contribution >= 4 is 21.4 Å². The lowest BCUT2D eigenvalue weighted by Gasteiger charge is -2.26. The van der Waals surface area contributed by atoms with Crippen LogP contribution in [0.25, 0.3) is 0 Å². The molecule has 23 heavy (non-hydrogen) atoms. The molecule has 0 N–H and O–H groups in total. The number of sulfone groups is 1. The molecule has 2 heterocycles. The maximum Gasteiger partial charge on any atom is 0.272 e. The summed E-state index contributed by atoms with van der Waals surface area (Å²) in [5.41, 5.74) is 1.23. The number of hydrogen-bond donors (Lipinski definition) is 0. The predicted molar refractivity (Wildman–Crippen MR) is 91.6 cm³/mol. The van der Waals surface area contributed by atoms with Crippen LogP contribution < -0.4 is 4.90 Å². The van der Waals surface area contributed by atoms with E-state index in [0.717, 1.165) is 18.5 Å². The van der Waals surface area contributed by atoms with E-state index in [4.69, 9.17) is 0 Å². The van der Waals surface area contributed by atoms with E-state index in [1.165, 1.54) is 0 Å². The van der Waals surface area contributed by atoms with Crippen molar-refractivity contribution in [1.29, 1.82) is 0 Å². The molecule has 1 aromatic heterocycles. The van der Waals surface area contributed by atoms with E-state index in [1.807, 2.05) is 18.0 Å². The minimum atomic E-state index is -2.93. The third-order valence-electron chi connectivity index (χ3n) is 4.32. The van der Waals surface area contributed by atoms with Crippen molar-refractivity contribution in [3.05, 3.63) is 24.0 Å². The fourth-order valence-corrected chi connectivity index (χ4v) is 4.51. The zero-order chi connectivity index (χ0) is 17.0. The Bertz CT molecular complexity index is 660. The van der Waals surface area contributed by atoms with Gasteiger partial charge in [-0.3, -0.25) is 9.78 Å². The van der Waals surface area contributed by atoms with Crippen LogP contribution in [0.15, 0.2) is 18.3 Å². The van der Waals surface area contributed by atoms with Gasteiger partial charge < -0.3 is 9.80 Å². The Hall–Kier alpha value is -1.63. The molecule has 0 bridgehead atoms. The summed E-state index contributed by atoms with van der Waals surface area (Å²) >= 11 is 0. The van der Waals surface area contributed by atoms with Gasteiger partial charge in [-0.25, -0.2) is 8.42 Å². The minimum absolute atomic E-state index is 0.0387. The second kappa shape index (κ2) is 7.29. The van der Waals surface area contributed by atoms with E-state index in [2.05, 4.69) is 11.9 Å². The number of hydrogen-bond acceptors (Lipinski definition) is 5. The van der Waals surface area contributed by atoms with Gasteiger partial charge in [0.25, 0.3) is 5.91 Å². The maximum atomic E-state index is 12.4.